The first-order valence-electron chi connectivity index (χ1n) is 4.56. The lowest BCUT2D eigenvalue weighted by Crippen LogP contribution is -2.29. The maximum Gasteiger partial charge on any atom is 0.225 e. The molecule has 1 amide bonds. The predicted molar refractivity (Wildman–Crippen MR) is 49.8 cm³/mol. The van der Waals surface area contributed by atoms with Gasteiger partial charge >= 0.3 is 0 Å². The number of carbonyl (C=O) groups excluding carboxylic acids is 1. The van der Waals surface area contributed by atoms with E-state index in [-0.39, 0.29) is 7.43 Å². The second kappa shape index (κ2) is 3.46. The largest absolute Gasteiger partial charge is 0.342 e. The lowest BCUT2D eigenvalue weighted by molar-refractivity contribution is -0.131. The monoisotopic (exact) mass is 169 g/mol. The van der Waals surface area contributed by atoms with E-state index < -0.39 is 0 Å². The van der Waals surface area contributed by atoms with Crippen molar-refractivity contribution in [3.63, 3.8) is 0 Å². The Labute approximate surface area is 74.9 Å². The van der Waals surface area contributed by atoms with Gasteiger partial charge in [-0.05, 0) is 25.2 Å². The minimum Gasteiger partial charge on any atom is -0.342 e. The number of rotatable bonds is 1. The van der Waals surface area contributed by atoms with Gasteiger partial charge in [0.15, 0.2) is 0 Å². The zero-order chi connectivity index (χ0) is 7.84. The highest BCUT2D eigenvalue weighted by molar-refractivity contribution is 5.81. The fourth-order valence-corrected chi connectivity index (χ4v) is 1.72. The molecule has 2 rings (SSSR count). The number of nitrogens with zero attached hydrogens (tertiary/aromatic N) is 1. The molecule has 1 aliphatic carbocycles. The smallest absolute Gasteiger partial charge is 0.225 e. The van der Waals surface area contributed by atoms with E-state index in [0.29, 0.717) is 11.8 Å². The summed E-state index contributed by atoms with van der Waals surface area (Å²) in [5.74, 6) is 1.58. The van der Waals surface area contributed by atoms with Crippen molar-refractivity contribution in [3.05, 3.63) is 0 Å². The molecule has 0 radical (unpaired) electrons. The van der Waals surface area contributed by atoms with E-state index in [1.807, 2.05) is 4.90 Å². The van der Waals surface area contributed by atoms with E-state index in [4.69, 9.17) is 0 Å². The Morgan fingerprint density at radius 2 is 2.00 bits per heavy atom. The molecular formula is C10H19NO. The Kier molecular flexibility index (Phi) is 2.76. The highest BCUT2D eigenvalue weighted by Gasteiger charge is 2.35. The van der Waals surface area contributed by atoms with E-state index >= 15 is 0 Å². The first-order chi connectivity index (χ1) is 5.27. The van der Waals surface area contributed by atoms with Crippen molar-refractivity contribution in [2.24, 2.45) is 11.8 Å². The molecule has 2 heteroatoms. The molecule has 1 atom stereocenters. The summed E-state index contributed by atoms with van der Waals surface area (Å²) in [5, 5.41) is 0. The fraction of sp³-hybridized carbons (Fsp3) is 0.900. The summed E-state index contributed by atoms with van der Waals surface area (Å²) in [4.78, 5) is 13.5. The molecule has 0 bridgehead atoms. The van der Waals surface area contributed by atoms with Gasteiger partial charge in [0.25, 0.3) is 0 Å². The van der Waals surface area contributed by atoms with Crippen LogP contribution < -0.4 is 0 Å². The van der Waals surface area contributed by atoms with E-state index in [2.05, 4.69) is 6.92 Å². The SMILES string of the molecule is C.CC1CCN(C(=O)C2CC2)C1. The molecule has 12 heavy (non-hydrogen) atoms. The van der Waals surface area contributed by atoms with Crippen LogP contribution in [0.25, 0.3) is 0 Å². The van der Waals surface area contributed by atoms with Crippen molar-refractivity contribution in [2.75, 3.05) is 13.1 Å². The predicted octanol–water partition coefficient (Wildman–Crippen LogP) is 1.90. The molecule has 1 saturated heterocycles. The molecular weight excluding hydrogens is 150 g/mol. The summed E-state index contributed by atoms with van der Waals surface area (Å²) < 4.78 is 0. The van der Waals surface area contributed by atoms with Crippen LogP contribution in [0.2, 0.25) is 0 Å². The summed E-state index contributed by atoms with van der Waals surface area (Å²) >= 11 is 0. The molecule has 0 aromatic rings. The topological polar surface area (TPSA) is 20.3 Å². The van der Waals surface area contributed by atoms with Gasteiger partial charge in [0.1, 0.15) is 0 Å². The zero-order valence-electron chi connectivity index (χ0n) is 7.05. The quantitative estimate of drug-likeness (QED) is 0.587. The Morgan fingerprint density at radius 1 is 1.33 bits per heavy atom. The average molecular weight is 169 g/mol. The zero-order valence-corrected chi connectivity index (χ0v) is 7.05. The molecule has 0 spiro atoms. The standard InChI is InChI=1S/C9H15NO.CH4/c1-7-4-5-10(6-7)9(11)8-2-3-8;/h7-8H,2-6H2,1H3;1H4. The minimum absolute atomic E-state index is 0. The molecule has 1 heterocycles. The minimum atomic E-state index is 0. The van der Waals surface area contributed by atoms with Crippen LogP contribution in [0, 0.1) is 11.8 Å². The second-order valence-corrected chi connectivity index (χ2v) is 3.95. The normalized spacial score (nSPS) is 28.4. The van der Waals surface area contributed by atoms with Gasteiger partial charge < -0.3 is 4.90 Å². The Balaban J connectivity index is 0.000000720. The fourth-order valence-electron chi connectivity index (χ4n) is 1.72. The second-order valence-electron chi connectivity index (χ2n) is 3.95. The van der Waals surface area contributed by atoms with Crippen LogP contribution in [0.3, 0.4) is 0 Å². The van der Waals surface area contributed by atoms with Crippen LogP contribution in [0.5, 0.6) is 0 Å². The van der Waals surface area contributed by atoms with Crippen LogP contribution in [0.15, 0.2) is 0 Å². The molecule has 2 nitrogen and oxygen atoms in total. The Hall–Kier alpha value is -0.530. The van der Waals surface area contributed by atoms with Gasteiger partial charge in [0.2, 0.25) is 5.91 Å². The maximum atomic E-state index is 11.5. The lowest BCUT2D eigenvalue weighted by atomic mass is 10.2. The van der Waals surface area contributed by atoms with Gasteiger partial charge in [-0.25, -0.2) is 0 Å². The third-order valence-corrected chi connectivity index (χ3v) is 2.66. The van der Waals surface area contributed by atoms with Crippen LogP contribution in [0.1, 0.15) is 33.6 Å². The average Bonchev–Trinajstić information content (AvgIpc) is 2.74. The molecule has 1 saturated carbocycles. The van der Waals surface area contributed by atoms with E-state index in [0.717, 1.165) is 31.8 Å². The summed E-state index contributed by atoms with van der Waals surface area (Å²) in [7, 11) is 0. The van der Waals surface area contributed by atoms with Gasteiger partial charge in [-0.3, -0.25) is 4.79 Å². The lowest BCUT2D eigenvalue weighted by Gasteiger charge is -2.14. The van der Waals surface area contributed by atoms with Gasteiger partial charge in [-0.15, -0.1) is 0 Å². The maximum absolute atomic E-state index is 11.5. The first-order valence-corrected chi connectivity index (χ1v) is 4.56. The Morgan fingerprint density at radius 3 is 2.42 bits per heavy atom. The molecule has 0 aromatic carbocycles. The van der Waals surface area contributed by atoms with Crippen molar-refractivity contribution in [3.8, 4) is 0 Å². The van der Waals surface area contributed by atoms with Crippen molar-refractivity contribution >= 4 is 5.91 Å². The van der Waals surface area contributed by atoms with Crippen molar-refractivity contribution in [1.29, 1.82) is 0 Å². The number of likely N-dealkylation sites (tertiary alicyclic amines) is 1. The molecule has 0 aromatic heterocycles. The van der Waals surface area contributed by atoms with Gasteiger partial charge in [-0.2, -0.15) is 0 Å². The highest BCUT2D eigenvalue weighted by atomic mass is 16.2. The van der Waals surface area contributed by atoms with Crippen LogP contribution >= 0.6 is 0 Å². The number of hydrogen-bond acceptors (Lipinski definition) is 1. The summed E-state index contributed by atoms with van der Waals surface area (Å²) in [6, 6.07) is 0. The molecule has 2 aliphatic rings. The van der Waals surface area contributed by atoms with E-state index in [1.54, 1.807) is 0 Å². The highest BCUT2D eigenvalue weighted by Crippen LogP contribution is 2.32. The molecule has 1 aliphatic heterocycles. The summed E-state index contributed by atoms with van der Waals surface area (Å²) in [6.45, 7) is 4.24. The number of amides is 1. The van der Waals surface area contributed by atoms with Crippen molar-refractivity contribution in [2.45, 2.75) is 33.6 Å². The van der Waals surface area contributed by atoms with Crippen LogP contribution in [0.4, 0.5) is 0 Å². The van der Waals surface area contributed by atoms with Crippen molar-refractivity contribution < 1.29 is 4.79 Å². The summed E-state index contributed by atoms with van der Waals surface area (Å²) in [6.07, 6.45) is 3.49. The van der Waals surface area contributed by atoms with Gasteiger partial charge in [0.05, 0.1) is 0 Å². The van der Waals surface area contributed by atoms with Crippen LogP contribution in [-0.4, -0.2) is 23.9 Å². The number of carbonyl (C=O) groups is 1. The first kappa shape index (κ1) is 9.56. The molecule has 0 N–H and O–H groups in total. The third kappa shape index (κ3) is 1.79. The third-order valence-electron chi connectivity index (χ3n) is 2.66. The number of hydrogen-bond donors (Lipinski definition) is 0. The van der Waals surface area contributed by atoms with E-state index in [9.17, 15) is 4.79 Å². The van der Waals surface area contributed by atoms with Crippen LogP contribution in [-0.2, 0) is 4.79 Å². The van der Waals surface area contributed by atoms with Gasteiger partial charge in [-0.1, -0.05) is 14.4 Å². The molecule has 70 valence electrons. The molecule has 1 unspecified atom stereocenters. The van der Waals surface area contributed by atoms with Crippen molar-refractivity contribution in [1.82, 2.24) is 4.90 Å². The summed E-state index contributed by atoms with van der Waals surface area (Å²) in [5.41, 5.74) is 0. The molecule has 2 fully saturated rings. The Bertz CT molecular complexity index is 175. The van der Waals surface area contributed by atoms with E-state index in [1.165, 1.54) is 6.42 Å². The van der Waals surface area contributed by atoms with Gasteiger partial charge in [0, 0.05) is 19.0 Å².